The summed E-state index contributed by atoms with van der Waals surface area (Å²) < 4.78 is 24.7. The molecule has 1 aliphatic heterocycles. The Labute approximate surface area is 288 Å². The molecule has 1 heterocycles. The fourth-order valence-electron chi connectivity index (χ4n) is 7.30. The number of aryl methyl sites for hydroxylation is 1. The molecule has 266 valence electrons. The second-order valence-corrected chi connectivity index (χ2v) is 18.3. The van der Waals surface area contributed by atoms with Gasteiger partial charge in [-0.2, -0.15) is 0 Å². The van der Waals surface area contributed by atoms with Gasteiger partial charge in [0.05, 0.1) is 22.9 Å². The molecule has 1 saturated carbocycles. The first-order valence-corrected chi connectivity index (χ1v) is 19.4. The standard InChI is InChI=1S/C38H58N4O5S/c1-26-15-11-12-19-29(26)23-39-34(38(5,6)48(7,46)47)36(45)40-31(21-27-16-9-8-10-17-27)33(43)25-42-24-30-20-14-13-18-28(30)22-32(42)35(44)41-37(2,3)4/h8-12,15-17,19,28,30-34,39,43H,13-14,18,20-25H2,1-7H3,(H,40,45)(H,41,44)/t28?,30?,31-,32-,33+,34+/m0/s1. The van der Waals surface area contributed by atoms with Crippen molar-refractivity contribution in [2.75, 3.05) is 19.3 Å². The molecule has 1 aliphatic carbocycles. The first-order chi connectivity index (χ1) is 22.5. The molecule has 2 aromatic rings. The van der Waals surface area contributed by atoms with Crippen LogP contribution in [0.2, 0.25) is 0 Å². The van der Waals surface area contributed by atoms with Gasteiger partial charge >= 0.3 is 0 Å². The molecule has 2 fully saturated rings. The van der Waals surface area contributed by atoms with Crippen LogP contribution >= 0.6 is 0 Å². The molecule has 0 bridgehead atoms. The highest BCUT2D eigenvalue weighted by Gasteiger charge is 2.45. The summed E-state index contributed by atoms with van der Waals surface area (Å²) in [6, 6.07) is 15.2. The Morgan fingerprint density at radius 1 is 0.958 bits per heavy atom. The number of nitrogens with zero attached hydrogens (tertiary/aromatic N) is 1. The number of piperidine rings is 1. The van der Waals surface area contributed by atoms with E-state index in [0.29, 0.717) is 24.8 Å². The Balaban J connectivity index is 1.61. The van der Waals surface area contributed by atoms with Gasteiger partial charge in [-0.05, 0) is 89.3 Å². The Morgan fingerprint density at radius 2 is 1.58 bits per heavy atom. The number of benzene rings is 2. The van der Waals surface area contributed by atoms with Crippen LogP contribution in [-0.4, -0.2) is 84.1 Å². The van der Waals surface area contributed by atoms with Gasteiger partial charge in [0, 0.05) is 31.4 Å². The molecule has 9 nitrogen and oxygen atoms in total. The molecule has 0 aromatic heterocycles. The minimum absolute atomic E-state index is 0.0299. The number of β-amino-alcohol motifs (C(OH)–C–C–N with tert-alkyl or cyclic N) is 1. The van der Waals surface area contributed by atoms with Crippen molar-refractivity contribution in [3.63, 3.8) is 0 Å². The second-order valence-electron chi connectivity index (χ2n) is 15.7. The number of aliphatic hydroxyl groups excluding tert-OH is 1. The highest BCUT2D eigenvalue weighted by molar-refractivity contribution is 7.92. The summed E-state index contributed by atoms with van der Waals surface area (Å²) >= 11 is 0. The molecule has 2 aromatic carbocycles. The molecule has 0 spiro atoms. The number of hydrogen-bond donors (Lipinski definition) is 4. The highest BCUT2D eigenvalue weighted by Crippen LogP contribution is 2.39. The molecule has 0 radical (unpaired) electrons. The molecule has 10 heteroatoms. The van der Waals surface area contributed by atoms with Crippen molar-refractivity contribution >= 4 is 21.7 Å². The Morgan fingerprint density at radius 3 is 2.21 bits per heavy atom. The lowest BCUT2D eigenvalue weighted by Crippen LogP contribution is -2.63. The normalized spacial score (nSPS) is 22.6. The molecule has 1 saturated heterocycles. The largest absolute Gasteiger partial charge is 0.390 e. The monoisotopic (exact) mass is 682 g/mol. The van der Waals surface area contributed by atoms with E-state index >= 15 is 0 Å². The highest BCUT2D eigenvalue weighted by atomic mass is 32.2. The fourth-order valence-corrected chi connectivity index (χ4v) is 7.92. The summed E-state index contributed by atoms with van der Waals surface area (Å²) in [5, 5.41) is 21.5. The maximum absolute atomic E-state index is 14.2. The van der Waals surface area contributed by atoms with Crippen LogP contribution in [0, 0.1) is 18.8 Å². The third kappa shape index (κ3) is 9.89. The average molecular weight is 683 g/mol. The maximum Gasteiger partial charge on any atom is 0.239 e. The van der Waals surface area contributed by atoms with Gasteiger partial charge in [0.25, 0.3) is 0 Å². The number of fused-ring (bicyclic) bond motifs is 1. The summed E-state index contributed by atoms with van der Waals surface area (Å²) in [5.74, 6) is 0.433. The van der Waals surface area contributed by atoms with E-state index in [1.165, 1.54) is 12.8 Å². The molecule has 6 atom stereocenters. The zero-order chi connectivity index (χ0) is 35.3. The predicted octanol–water partition coefficient (Wildman–Crippen LogP) is 4.16. The summed E-state index contributed by atoms with van der Waals surface area (Å²) in [6.07, 6.45) is 5.83. The van der Waals surface area contributed by atoms with E-state index in [-0.39, 0.29) is 24.0 Å². The van der Waals surface area contributed by atoms with Gasteiger partial charge in [-0.3, -0.25) is 14.5 Å². The minimum atomic E-state index is -3.68. The van der Waals surface area contributed by atoms with Crippen LogP contribution in [0.15, 0.2) is 54.6 Å². The third-order valence-corrected chi connectivity index (χ3v) is 12.6. The van der Waals surface area contributed by atoms with Crippen LogP contribution in [0.5, 0.6) is 0 Å². The quantitative estimate of drug-likeness (QED) is 0.250. The number of hydrogen-bond acceptors (Lipinski definition) is 7. The molecule has 4 rings (SSSR count). The fraction of sp³-hybridized carbons (Fsp3) is 0.632. The first kappa shape index (κ1) is 38.0. The zero-order valence-corrected chi connectivity index (χ0v) is 30.8. The van der Waals surface area contributed by atoms with Crippen molar-refractivity contribution in [2.24, 2.45) is 11.8 Å². The Hall–Kier alpha value is -2.79. The summed E-state index contributed by atoms with van der Waals surface area (Å²) in [5.41, 5.74) is 2.54. The van der Waals surface area contributed by atoms with E-state index in [1.807, 2.05) is 82.3 Å². The van der Waals surface area contributed by atoms with E-state index in [4.69, 9.17) is 0 Å². The van der Waals surface area contributed by atoms with Crippen LogP contribution in [0.4, 0.5) is 0 Å². The van der Waals surface area contributed by atoms with Gasteiger partial charge in [-0.15, -0.1) is 0 Å². The number of nitrogens with one attached hydrogen (secondary N) is 3. The van der Waals surface area contributed by atoms with Crippen molar-refractivity contribution < 1.29 is 23.1 Å². The van der Waals surface area contributed by atoms with E-state index < -0.39 is 38.7 Å². The second kappa shape index (κ2) is 15.8. The summed E-state index contributed by atoms with van der Waals surface area (Å²) in [6.45, 7) is 12.3. The molecule has 48 heavy (non-hydrogen) atoms. The van der Waals surface area contributed by atoms with Crippen LogP contribution in [0.3, 0.4) is 0 Å². The van der Waals surface area contributed by atoms with E-state index in [0.717, 1.165) is 48.8 Å². The zero-order valence-electron chi connectivity index (χ0n) is 30.0. The van der Waals surface area contributed by atoms with Crippen molar-refractivity contribution in [1.29, 1.82) is 0 Å². The van der Waals surface area contributed by atoms with Crippen LogP contribution < -0.4 is 16.0 Å². The minimum Gasteiger partial charge on any atom is -0.390 e. The van der Waals surface area contributed by atoms with E-state index in [1.54, 1.807) is 13.8 Å². The molecule has 4 N–H and O–H groups in total. The Kier molecular flexibility index (Phi) is 12.5. The van der Waals surface area contributed by atoms with Gasteiger partial charge in [0.2, 0.25) is 11.8 Å². The number of carbonyl (C=O) groups is 2. The number of carbonyl (C=O) groups excluding carboxylic acids is 2. The average Bonchev–Trinajstić information content (AvgIpc) is 3.00. The molecule has 2 amide bonds. The van der Waals surface area contributed by atoms with Gasteiger partial charge < -0.3 is 21.1 Å². The van der Waals surface area contributed by atoms with Gasteiger partial charge in [-0.1, -0.05) is 73.9 Å². The number of likely N-dealkylation sites (tertiary alicyclic amines) is 1. The van der Waals surface area contributed by atoms with Crippen molar-refractivity contribution in [1.82, 2.24) is 20.9 Å². The maximum atomic E-state index is 14.2. The number of rotatable bonds is 13. The van der Waals surface area contributed by atoms with E-state index in [2.05, 4.69) is 20.9 Å². The number of sulfone groups is 1. The lowest BCUT2D eigenvalue weighted by Gasteiger charge is -2.47. The summed E-state index contributed by atoms with van der Waals surface area (Å²) in [7, 11) is -3.68. The topological polar surface area (TPSA) is 128 Å². The van der Waals surface area contributed by atoms with Crippen molar-refractivity contribution in [3.8, 4) is 0 Å². The molecule has 2 unspecified atom stereocenters. The lowest BCUT2D eigenvalue weighted by molar-refractivity contribution is -0.133. The SMILES string of the molecule is Cc1ccccc1CN[C@H](C(=O)N[C@@H](Cc1ccccc1)[C@H](O)CN1CC2CCCCC2C[C@H]1C(=O)NC(C)(C)C)C(C)(C)S(C)(=O)=O. The number of amides is 2. The van der Waals surface area contributed by atoms with Gasteiger partial charge in [0.15, 0.2) is 9.84 Å². The van der Waals surface area contributed by atoms with Crippen molar-refractivity contribution in [3.05, 3.63) is 71.3 Å². The first-order valence-electron chi connectivity index (χ1n) is 17.5. The van der Waals surface area contributed by atoms with E-state index in [9.17, 15) is 23.1 Å². The predicted molar refractivity (Wildman–Crippen MR) is 192 cm³/mol. The molecule has 2 aliphatic rings. The van der Waals surface area contributed by atoms with Crippen LogP contribution in [0.1, 0.15) is 83.4 Å². The van der Waals surface area contributed by atoms with Crippen LogP contribution in [0.25, 0.3) is 0 Å². The molecular formula is C38H58N4O5S. The van der Waals surface area contributed by atoms with Gasteiger partial charge in [-0.25, -0.2) is 8.42 Å². The molecular weight excluding hydrogens is 625 g/mol. The summed E-state index contributed by atoms with van der Waals surface area (Å²) in [4.78, 5) is 30.0. The third-order valence-electron chi connectivity index (χ3n) is 10.5. The smallest absolute Gasteiger partial charge is 0.239 e. The Bertz CT molecular complexity index is 1490. The van der Waals surface area contributed by atoms with Gasteiger partial charge in [0.1, 0.15) is 6.04 Å². The number of aliphatic hydroxyl groups is 1. The van der Waals surface area contributed by atoms with Crippen LogP contribution in [-0.2, 0) is 32.4 Å². The van der Waals surface area contributed by atoms with Crippen molar-refractivity contribution in [2.45, 2.75) is 121 Å². The lowest BCUT2D eigenvalue weighted by atomic mass is 9.72.